The quantitative estimate of drug-likeness (QED) is 0.325. The summed E-state index contributed by atoms with van der Waals surface area (Å²) in [4.78, 5) is 31.6. The van der Waals surface area contributed by atoms with Gasteiger partial charge in [-0.05, 0) is 49.9 Å². The van der Waals surface area contributed by atoms with Crippen LogP contribution in [0.1, 0.15) is 52.0 Å². The third kappa shape index (κ3) is 5.40. The van der Waals surface area contributed by atoms with Crippen LogP contribution >= 0.6 is 23.2 Å². The highest BCUT2D eigenvalue weighted by atomic mass is 35.5. The third-order valence-corrected chi connectivity index (χ3v) is 10.1. The number of hydrogen-bond donors (Lipinski definition) is 1. The molecule has 9 nitrogen and oxygen atoms in total. The Hall–Kier alpha value is -4.04. The van der Waals surface area contributed by atoms with Gasteiger partial charge in [0.15, 0.2) is 6.73 Å². The van der Waals surface area contributed by atoms with Gasteiger partial charge >= 0.3 is 5.97 Å². The lowest BCUT2D eigenvalue weighted by atomic mass is 9.96. The van der Waals surface area contributed by atoms with Gasteiger partial charge < -0.3 is 29.3 Å². The topological polar surface area (TPSA) is 106 Å². The fraction of sp³-hybridized carbons (Fsp3) is 0.382. The summed E-state index contributed by atoms with van der Waals surface area (Å²) in [7, 11) is 0. The van der Waals surface area contributed by atoms with Crippen molar-refractivity contribution in [1.29, 1.82) is 5.26 Å². The van der Waals surface area contributed by atoms with Crippen LogP contribution < -0.4 is 14.5 Å². The van der Waals surface area contributed by atoms with E-state index in [1.807, 2.05) is 6.07 Å². The van der Waals surface area contributed by atoms with Crippen molar-refractivity contribution in [3.05, 3.63) is 75.0 Å². The predicted octanol–water partition coefficient (Wildman–Crippen LogP) is 6.60. The number of para-hydroxylation sites is 1. The maximum atomic E-state index is 15.7. The molecule has 2 unspecified atom stereocenters. The Balaban J connectivity index is 1.16. The van der Waals surface area contributed by atoms with Gasteiger partial charge in [-0.15, -0.1) is 0 Å². The molecule has 1 N–H and O–H groups in total. The average molecular weight is 666 g/mol. The lowest BCUT2D eigenvalue weighted by Gasteiger charge is -2.37. The van der Waals surface area contributed by atoms with E-state index in [1.165, 1.54) is 4.90 Å². The Morgan fingerprint density at radius 1 is 0.978 bits per heavy atom. The van der Waals surface area contributed by atoms with Crippen molar-refractivity contribution >= 4 is 46.5 Å². The molecule has 2 atom stereocenters. The van der Waals surface area contributed by atoms with Crippen LogP contribution in [-0.4, -0.2) is 67.0 Å². The van der Waals surface area contributed by atoms with Crippen LogP contribution in [0.3, 0.4) is 0 Å². The number of benzene rings is 3. The first-order chi connectivity index (χ1) is 22.2. The first kappa shape index (κ1) is 30.6. The molecule has 0 radical (unpaired) electrons. The van der Waals surface area contributed by atoms with Gasteiger partial charge in [0.2, 0.25) is 0 Å². The maximum Gasteiger partial charge on any atom is 0.337 e. The van der Waals surface area contributed by atoms with E-state index < -0.39 is 17.7 Å². The maximum absolute atomic E-state index is 15.7. The van der Waals surface area contributed by atoms with Gasteiger partial charge in [-0.3, -0.25) is 4.79 Å². The SMILES string of the molecule is N#CC1CCN(c2cc(Cl)c(C(=O)N3COc4c(cccc4-c4cc(N5C6CCC5COC6)c(C(=O)O)cc4F)C3)c(Cl)c2)CC1. The normalized spacial score (nSPS) is 21.0. The molecule has 3 fully saturated rings. The predicted molar refractivity (Wildman–Crippen MR) is 171 cm³/mol. The summed E-state index contributed by atoms with van der Waals surface area (Å²) in [6.45, 7) is 2.45. The first-order valence-corrected chi connectivity index (χ1v) is 16.1. The molecule has 4 heterocycles. The summed E-state index contributed by atoms with van der Waals surface area (Å²) in [5.41, 5.74) is 2.71. The molecule has 4 aliphatic heterocycles. The van der Waals surface area contributed by atoms with E-state index in [1.54, 1.807) is 30.3 Å². The molecule has 0 aromatic heterocycles. The van der Waals surface area contributed by atoms with Crippen molar-refractivity contribution in [3.63, 3.8) is 0 Å². The van der Waals surface area contributed by atoms with Gasteiger partial charge in [-0.1, -0.05) is 41.4 Å². The van der Waals surface area contributed by atoms with Crippen LogP contribution in [0, 0.1) is 23.1 Å². The number of ether oxygens (including phenoxy) is 2. The number of anilines is 2. The highest BCUT2D eigenvalue weighted by Crippen LogP contribution is 2.43. The van der Waals surface area contributed by atoms with E-state index in [4.69, 9.17) is 32.7 Å². The Kier molecular flexibility index (Phi) is 8.17. The van der Waals surface area contributed by atoms with Gasteiger partial charge in [0.05, 0.1) is 64.8 Å². The molecule has 3 aromatic rings. The van der Waals surface area contributed by atoms with Crippen LogP contribution in [0.2, 0.25) is 10.0 Å². The van der Waals surface area contributed by atoms with E-state index >= 15 is 4.39 Å². The van der Waals surface area contributed by atoms with Crippen LogP contribution in [0.25, 0.3) is 11.1 Å². The van der Waals surface area contributed by atoms with Gasteiger partial charge in [0, 0.05) is 41.4 Å². The van der Waals surface area contributed by atoms with Crippen molar-refractivity contribution < 1.29 is 28.6 Å². The molecule has 3 aromatic carbocycles. The summed E-state index contributed by atoms with van der Waals surface area (Å²) in [6.07, 6.45) is 3.26. The fourth-order valence-corrected chi connectivity index (χ4v) is 7.80. The van der Waals surface area contributed by atoms with Gasteiger partial charge in [0.25, 0.3) is 5.91 Å². The van der Waals surface area contributed by atoms with Crippen molar-refractivity contribution in [2.45, 2.75) is 44.3 Å². The molecule has 4 aliphatic rings. The number of fused-ring (bicyclic) bond motifs is 3. The summed E-state index contributed by atoms with van der Waals surface area (Å²) < 4.78 is 27.5. The molecule has 0 saturated carbocycles. The molecule has 1 amide bonds. The molecule has 2 bridgehead atoms. The number of nitriles is 1. The molecule has 12 heteroatoms. The monoisotopic (exact) mass is 664 g/mol. The lowest BCUT2D eigenvalue weighted by Crippen LogP contribution is -2.46. The molecule has 0 aliphatic carbocycles. The second-order valence-electron chi connectivity index (χ2n) is 12.2. The molecular formula is C34H31Cl2FN4O5. The van der Waals surface area contributed by atoms with Crippen LogP contribution in [0.15, 0.2) is 42.5 Å². The zero-order valence-electron chi connectivity index (χ0n) is 24.8. The summed E-state index contributed by atoms with van der Waals surface area (Å²) in [5, 5.41) is 19.6. The number of aromatic carboxylic acids is 1. The highest BCUT2D eigenvalue weighted by Gasteiger charge is 2.40. The number of halogens is 3. The van der Waals surface area contributed by atoms with Crippen molar-refractivity contribution in [2.24, 2.45) is 5.92 Å². The van der Waals surface area contributed by atoms with Crippen molar-refractivity contribution in [3.8, 4) is 22.9 Å². The lowest BCUT2D eigenvalue weighted by molar-refractivity contribution is 0.0516. The zero-order chi connectivity index (χ0) is 32.1. The van der Waals surface area contributed by atoms with Crippen molar-refractivity contribution in [2.75, 3.05) is 42.8 Å². The summed E-state index contributed by atoms with van der Waals surface area (Å²) >= 11 is 13.3. The van der Waals surface area contributed by atoms with E-state index in [-0.39, 0.29) is 58.0 Å². The van der Waals surface area contributed by atoms with E-state index in [0.717, 1.165) is 37.4 Å². The standard InChI is InChI=1S/C34H31Cl2FN4O5/c35-27-10-23(39-8-6-19(14-38)7-9-39)11-28(36)31(27)33(42)40-15-20-2-1-3-24(32(20)46-18-40)25-13-30(26(34(43)44)12-29(25)37)41-21-4-5-22(41)17-45-16-21/h1-3,10-13,19,21-22H,4-9,15-18H2,(H,43,44). The fourth-order valence-electron chi connectivity index (χ4n) is 7.16. The first-order valence-electron chi connectivity index (χ1n) is 15.3. The Morgan fingerprint density at radius 3 is 2.33 bits per heavy atom. The average Bonchev–Trinajstić information content (AvgIpc) is 3.30. The molecule has 238 valence electrons. The Labute approximate surface area is 275 Å². The van der Waals surface area contributed by atoms with Crippen LogP contribution in [0.4, 0.5) is 15.8 Å². The minimum absolute atomic E-state index is 0.0270. The van der Waals surface area contributed by atoms with E-state index in [0.29, 0.717) is 48.9 Å². The number of amides is 1. The van der Waals surface area contributed by atoms with Crippen LogP contribution in [-0.2, 0) is 11.3 Å². The number of piperidine rings is 1. The third-order valence-electron chi connectivity index (χ3n) is 9.52. The number of carbonyl (C=O) groups is 2. The zero-order valence-corrected chi connectivity index (χ0v) is 26.4. The Bertz CT molecular complexity index is 1730. The minimum Gasteiger partial charge on any atom is -0.478 e. The van der Waals surface area contributed by atoms with Crippen LogP contribution in [0.5, 0.6) is 5.75 Å². The molecule has 46 heavy (non-hydrogen) atoms. The smallest absolute Gasteiger partial charge is 0.337 e. The number of rotatable bonds is 5. The van der Waals surface area contributed by atoms with Gasteiger partial charge in [-0.25, -0.2) is 9.18 Å². The van der Waals surface area contributed by atoms with E-state index in [2.05, 4.69) is 15.9 Å². The number of carbonyl (C=O) groups excluding carboxylic acids is 1. The highest BCUT2D eigenvalue weighted by molar-refractivity contribution is 6.40. The largest absolute Gasteiger partial charge is 0.478 e. The number of carboxylic acid groups (broad SMARTS) is 1. The summed E-state index contributed by atoms with van der Waals surface area (Å²) in [5.74, 6) is -1.80. The minimum atomic E-state index is -1.19. The Morgan fingerprint density at radius 2 is 1.67 bits per heavy atom. The molecular weight excluding hydrogens is 634 g/mol. The second kappa shape index (κ2) is 12.3. The van der Waals surface area contributed by atoms with Gasteiger partial charge in [-0.2, -0.15) is 5.26 Å². The number of hydrogen-bond acceptors (Lipinski definition) is 7. The molecule has 7 rings (SSSR count). The van der Waals surface area contributed by atoms with E-state index in [9.17, 15) is 20.0 Å². The summed E-state index contributed by atoms with van der Waals surface area (Å²) in [6, 6.07) is 13.8. The van der Waals surface area contributed by atoms with Gasteiger partial charge in [0.1, 0.15) is 11.6 Å². The molecule has 0 spiro atoms. The second-order valence-corrected chi connectivity index (χ2v) is 13.0. The molecule has 3 saturated heterocycles. The number of nitrogens with zero attached hydrogens (tertiary/aromatic N) is 4. The number of carboxylic acids is 1. The number of morpholine rings is 1. The van der Waals surface area contributed by atoms with Crippen molar-refractivity contribution in [1.82, 2.24) is 4.90 Å².